The van der Waals surface area contributed by atoms with E-state index in [1.165, 1.54) is 6.07 Å². The molecule has 2 unspecified atom stereocenters. The second-order valence-electron chi connectivity index (χ2n) is 10.8. The number of nitrogens with two attached hydrogens (primary N) is 1. The molecule has 1 aromatic carbocycles. The molecule has 4 fully saturated rings. The van der Waals surface area contributed by atoms with E-state index in [4.69, 9.17) is 17.3 Å². The van der Waals surface area contributed by atoms with E-state index < -0.39 is 15.3 Å². The summed E-state index contributed by atoms with van der Waals surface area (Å²) in [4.78, 5) is 25.6. The van der Waals surface area contributed by atoms with Crippen LogP contribution in [0.5, 0.6) is 0 Å². The third-order valence-electron chi connectivity index (χ3n) is 8.32. The third-order valence-corrected chi connectivity index (χ3v) is 10.3. The van der Waals surface area contributed by atoms with Crippen molar-refractivity contribution in [3.63, 3.8) is 0 Å². The number of hydrogen-bond acceptors (Lipinski definition) is 4. The lowest BCUT2D eigenvalue weighted by Gasteiger charge is -2.59. The van der Waals surface area contributed by atoms with E-state index in [0.717, 1.165) is 32.1 Å². The summed E-state index contributed by atoms with van der Waals surface area (Å²) >= 11 is 5.94. The number of rotatable bonds is 8. The van der Waals surface area contributed by atoms with Gasteiger partial charge in [0, 0.05) is 22.3 Å². The summed E-state index contributed by atoms with van der Waals surface area (Å²) in [6.07, 6.45) is 5.48. The first-order valence-corrected chi connectivity index (χ1v) is 13.3. The molecule has 0 heterocycles. The summed E-state index contributed by atoms with van der Waals surface area (Å²) in [5.41, 5.74) is 4.70. The van der Waals surface area contributed by atoms with Crippen molar-refractivity contribution >= 4 is 33.1 Å². The average Bonchev–Trinajstić information content (AvgIpc) is 2.68. The number of halogens is 1. The number of ketones is 1. The topological polar surface area (TPSA) is 94.3 Å². The van der Waals surface area contributed by atoms with Gasteiger partial charge < -0.3 is 5.73 Å². The lowest BCUT2D eigenvalue weighted by molar-refractivity contribution is -0.152. The molecule has 2 atom stereocenters. The SMILES string of the molecule is CC(C)(CCS(=O)(=O)c1cccc(Cl)c1)C(=O)CC1C2CC3CC1CC(C(N)=O)(C3)C2. The predicted octanol–water partition coefficient (Wildman–Crippen LogP) is 4.42. The van der Waals surface area contributed by atoms with Gasteiger partial charge in [0.15, 0.2) is 9.84 Å². The van der Waals surface area contributed by atoms with Gasteiger partial charge in [-0.3, -0.25) is 9.59 Å². The van der Waals surface area contributed by atoms with Gasteiger partial charge >= 0.3 is 0 Å². The second kappa shape index (κ2) is 7.87. The summed E-state index contributed by atoms with van der Waals surface area (Å²) in [5, 5.41) is 0.382. The average molecular weight is 466 g/mol. The summed E-state index contributed by atoms with van der Waals surface area (Å²) in [6.45, 7) is 3.70. The van der Waals surface area contributed by atoms with Crippen molar-refractivity contribution < 1.29 is 18.0 Å². The first-order valence-electron chi connectivity index (χ1n) is 11.2. The van der Waals surface area contributed by atoms with Gasteiger partial charge in [-0.2, -0.15) is 0 Å². The number of Topliss-reactive ketones (excluding diaryl/α,β-unsaturated/α-hetero) is 1. The van der Waals surface area contributed by atoms with Crippen LogP contribution in [-0.2, 0) is 19.4 Å². The summed E-state index contributed by atoms with van der Waals surface area (Å²) in [6, 6.07) is 6.26. The van der Waals surface area contributed by atoms with Crippen LogP contribution in [0.1, 0.15) is 58.8 Å². The van der Waals surface area contributed by atoms with E-state index in [-0.39, 0.29) is 34.2 Å². The summed E-state index contributed by atoms with van der Waals surface area (Å²) in [7, 11) is -3.50. The van der Waals surface area contributed by atoms with Crippen molar-refractivity contribution in [2.45, 2.75) is 63.7 Å². The molecule has 4 aliphatic rings. The zero-order valence-electron chi connectivity index (χ0n) is 18.3. The van der Waals surface area contributed by atoms with Gasteiger partial charge in [0.25, 0.3) is 0 Å². The number of sulfone groups is 1. The Morgan fingerprint density at radius 2 is 1.81 bits per heavy atom. The molecule has 0 spiro atoms. The Morgan fingerprint density at radius 1 is 1.16 bits per heavy atom. The van der Waals surface area contributed by atoms with Gasteiger partial charge in [0.05, 0.1) is 10.6 Å². The first-order chi connectivity index (χ1) is 14.4. The third kappa shape index (κ3) is 4.30. The lowest BCUT2D eigenvalue weighted by atomic mass is 9.45. The van der Waals surface area contributed by atoms with Crippen LogP contribution in [0.4, 0.5) is 0 Å². The van der Waals surface area contributed by atoms with Gasteiger partial charge in [-0.05, 0) is 80.4 Å². The van der Waals surface area contributed by atoms with Crippen LogP contribution in [0, 0.1) is 34.5 Å². The Balaban J connectivity index is 1.41. The molecule has 1 aromatic rings. The van der Waals surface area contributed by atoms with E-state index in [0.29, 0.717) is 35.1 Å². The van der Waals surface area contributed by atoms with Crippen LogP contribution in [0.2, 0.25) is 5.02 Å². The Hall–Kier alpha value is -1.40. The zero-order chi connectivity index (χ0) is 22.6. The molecular weight excluding hydrogens is 434 g/mol. The molecule has 2 N–H and O–H groups in total. The van der Waals surface area contributed by atoms with Crippen molar-refractivity contribution in [3.8, 4) is 0 Å². The largest absolute Gasteiger partial charge is 0.369 e. The van der Waals surface area contributed by atoms with Gasteiger partial charge in [-0.1, -0.05) is 31.5 Å². The highest BCUT2D eigenvalue weighted by molar-refractivity contribution is 7.91. The van der Waals surface area contributed by atoms with E-state index in [1.807, 2.05) is 13.8 Å². The van der Waals surface area contributed by atoms with Crippen molar-refractivity contribution in [2.75, 3.05) is 5.75 Å². The fourth-order valence-electron chi connectivity index (χ4n) is 6.56. The highest BCUT2D eigenvalue weighted by atomic mass is 35.5. The number of amides is 1. The van der Waals surface area contributed by atoms with Crippen LogP contribution < -0.4 is 5.73 Å². The molecule has 0 saturated heterocycles. The van der Waals surface area contributed by atoms with Crippen LogP contribution in [0.3, 0.4) is 0 Å². The Bertz CT molecular complexity index is 987. The first kappa shape index (κ1) is 22.8. The van der Waals surface area contributed by atoms with Crippen LogP contribution in [0.25, 0.3) is 0 Å². The second-order valence-corrected chi connectivity index (χ2v) is 13.4. The molecule has 0 radical (unpaired) electrons. The fraction of sp³-hybridized carbons (Fsp3) is 0.667. The predicted molar refractivity (Wildman–Crippen MR) is 120 cm³/mol. The van der Waals surface area contributed by atoms with E-state index >= 15 is 0 Å². The molecule has 4 aliphatic carbocycles. The van der Waals surface area contributed by atoms with Crippen LogP contribution in [-0.4, -0.2) is 25.9 Å². The van der Waals surface area contributed by atoms with Gasteiger partial charge in [0.1, 0.15) is 5.78 Å². The summed E-state index contributed by atoms with van der Waals surface area (Å²) in [5.74, 6) is 1.49. The smallest absolute Gasteiger partial charge is 0.223 e. The highest BCUT2D eigenvalue weighted by Crippen LogP contribution is 2.63. The van der Waals surface area contributed by atoms with E-state index in [1.54, 1.807) is 18.2 Å². The Kier molecular flexibility index (Phi) is 5.79. The molecule has 4 bridgehead atoms. The molecule has 5 nitrogen and oxygen atoms in total. The number of carbonyl (C=O) groups is 2. The maximum Gasteiger partial charge on any atom is 0.223 e. The lowest BCUT2D eigenvalue weighted by Crippen LogP contribution is -2.56. The molecule has 170 valence electrons. The van der Waals surface area contributed by atoms with E-state index in [9.17, 15) is 18.0 Å². The minimum atomic E-state index is -3.50. The van der Waals surface area contributed by atoms with Crippen LogP contribution in [0.15, 0.2) is 29.2 Å². The number of carbonyl (C=O) groups excluding carboxylic acids is 2. The maximum absolute atomic E-state index is 13.3. The van der Waals surface area contributed by atoms with Crippen molar-refractivity contribution in [1.29, 1.82) is 0 Å². The standard InChI is InChI=1S/C24H32ClNO4S/c1-23(2,6-7-31(29,30)19-5-3-4-18(25)10-19)21(27)11-20-16-8-15-9-17(20)14-24(12-15,13-16)22(26)28/h3-5,10,15-17,20H,6-9,11-14H2,1-2H3,(H2,26,28). The molecule has 0 aliphatic heterocycles. The van der Waals surface area contributed by atoms with Crippen molar-refractivity contribution in [2.24, 2.45) is 40.2 Å². The quantitative estimate of drug-likeness (QED) is 0.614. The number of hydrogen-bond donors (Lipinski definition) is 1. The monoisotopic (exact) mass is 465 g/mol. The fourth-order valence-corrected chi connectivity index (χ4v) is 8.42. The van der Waals surface area contributed by atoms with Gasteiger partial charge in [-0.25, -0.2) is 8.42 Å². The molecular formula is C24H32ClNO4S. The van der Waals surface area contributed by atoms with Gasteiger partial charge in [0.2, 0.25) is 5.91 Å². The zero-order valence-corrected chi connectivity index (χ0v) is 19.8. The van der Waals surface area contributed by atoms with Gasteiger partial charge in [-0.15, -0.1) is 0 Å². The molecule has 0 aromatic heterocycles. The molecule has 31 heavy (non-hydrogen) atoms. The highest BCUT2D eigenvalue weighted by Gasteiger charge is 2.58. The Morgan fingerprint density at radius 3 is 2.39 bits per heavy atom. The summed E-state index contributed by atoms with van der Waals surface area (Å²) < 4.78 is 25.5. The Labute approximate surface area is 190 Å². The van der Waals surface area contributed by atoms with Crippen LogP contribution >= 0.6 is 11.6 Å². The molecule has 5 rings (SSSR count). The molecule has 4 saturated carbocycles. The molecule has 1 amide bonds. The minimum absolute atomic E-state index is 0.0868. The number of primary amides is 1. The van der Waals surface area contributed by atoms with Crippen molar-refractivity contribution in [3.05, 3.63) is 29.3 Å². The van der Waals surface area contributed by atoms with Crippen molar-refractivity contribution in [1.82, 2.24) is 0 Å². The maximum atomic E-state index is 13.3. The van der Waals surface area contributed by atoms with E-state index in [2.05, 4.69) is 0 Å². The normalized spacial score (nSPS) is 32.2. The minimum Gasteiger partial charge on any atom is -0.369 e. The number of benzene rings is 1. The molecule has 7 heteroatoms.